The standard InChI is InChI=1S/C33H31N/c1-32(2,3)31-26-12-7-6-11-24(26)30(25-17-15-21(34)19-27(25)31)20-14-16-23-22-10-8-9-13-28(22)33(4,5)29(23)18-20/h6-19H,34H2,1-5H3. The molecule has 0 spiro atoms. The number of benzene rings is 5. The van der Waals surface area contributed by atoms with Gasteiger partial charge in [-0.3, -0.25) is 0 Å². The average molecular weight is 442 g/mol. The molecular weight excluding hydrogens is 410 g/mol. The van der Waals surface area contributed by atoms with Gasteiger partial charge < -0.3 is 5.73 Å². The quantitative estimate of drug-likeness (QED) is 0.204. The van der Waals surface area contributed by atoms with Crippen molar-refractivity contribution in [2.24, 2.45) is 0 Å². The summed E-state index contributed by atoms with van der Waals surface area (Å²) in [7, 11) is 0. The Morgan fingerprint density at radius 2 is 1.26 bits per heavy atom. The summed E-state index contributed by atoms with van der Waals surface area (Å²) in [4.78, 5) is 0. The van der Waals surface area contributed by atoms with E-state index in [9.17, 15) is 0 Å². The molecule has 0 bridgehead atoms. The SMILES string of the molecule is CC(C)(C)c1c2ccccc2c(-c2ccc3c(c2)C(C)(C)c2ccccc2-3)c2ccc(N)cc12. The van der Waals surface area contributed by atoms with Crippen LogP contribution in [-0.4, -0.2) is 0 Å². The maximum atomic E-state index is 6.33. The molecule has 5 aromatic rings. The van der Waals surface area contributed by atoms with Crippen molar-refractivity contribution in [1.29, 1.82) is 0 Å². The molecule has 0 saturated carbocycles. The molecule has 0 unspecified atom stereocenters. The van der Waals surface area contributed by atoms with Gasteiger partial charge in [-0.25, -0.2) is 0 Å². The van der Waals surface area contributed by atoms with E-state index in [4.69, 9.17) is 5.73 Å². The largest absolute Gasteiger partial charge is 0.399 e. The molecule has 168 valence electrons. The summed E-state index contributed by atoms with van der Waals surface area (Å²) in [5, 5.41) is 5.14. The normalized spacial score (nSPS) is 14.4. The van der Waals surface area contributed by atoms with Crippen LogP contribution < -0.4 is 5.73 Å². The first-order valence-corrected chi connectivity index (χ1v) is 12.2. The Hall–Kier alpha value is -3.58. The third-order valence-corrected chi connectivity index (χ3v) is 7.67. The van der Waals surface area contributed by atoms with Gasteiger partial charge >= 0.3 is 0 Å². The average Bonchev–Trinajstić information content (AvgIpc) is 3.03. The molecule has 1 heteroatoms. The molecule has 0 aromatic heterocycles. The van der Waals surface area contributed by atoms with Crippen molar-refractivity contribution in [2.45, 2.75) is 45.4 Å². The molecule has 0 atom stereocenters. The first-order valence-electron chi connectivity index (χ1n) is 12.2. The van der Waals surface area contributed by atoms with Gasteiger partial charge in [-0.05, 0) is 84.1 Å². The number of nitrogens with two attached hydrogens (primary N) is 1. The highest BCUT2D eigenvalue weighted by atomic mass is 14.5. The van der Waals surface area contributed by atoms with Gasteiger partial charge in [0.05, 0.1) is 0 Å². The number of anilines is 1. The predicted octanol–water partition coefficient (Wildman–Crippen LogP) is 8.85. The lowest BCUT2D eigenvalue weighted by Gasteiger charge is -2.27. The second-order valence-corrected chi connectivity index (χ2v) is 11.3. The van der Waals surface area contributed by atoms with Crippen molar-refractivity contribution < 1.29 is 0 Å². The Labute approximate surface area is 202 Å². The molecule has 1 nitrogen and oxygen atoms in total. The zero-order valence-electron chi connectivity index (χ0n) is 20.7. The molecule has 1 aliphatic carbocycles. The van der Waals surface area contributed by atoms with Gasteiger partial charge in [-0.1, -0.05) is 101 Å². The minimum absolute atomic E-state index is 0.00819. The van der Waals surface area contributed by atoms with Crippen LogP contribution in [-0.2, 0) is 10.8 Å². The highest BCUT2D eigenvalue weighted by molar-refractivity contribution is 6.16. The van der Waals surface area contributed by atoms with Crippen LogP contribution in [0.15, 0.2) is 84.9 Å². The van der Waals surface area contributed by atoms with Crippen LogP contribution >= 0.6 is 0 Å². The van der Waals surface area contributed by atoms with E-state index in [-0.39, 0.29) is 10.8 Å². The van der Waals surface area contributed by atoms with Gasteiger partial charge in [0, 0.05) is 11.1 Å². The summed E-state index contributed by atoms with van der Waals surface area (Å²) in [6.45, 7) is 11.6. The molecule has 0 saturated heterocycles. The van der Waals surface area contributed by atoms with Crippen LogP contribution in [0, 0.1) is 0 Å². The monoisotopic (exact) mass is 441 g/mol. The number of rotatable bonds is 1. The highest BCUT2D eigenvalue weighted by Crippen LogP contribution is 2.51. The lowest BCUT2D eigenvalue weighted by atomic mass is 9.77. The summed E-state index contributed by atoms with van der Waals surface area (Å²) in [5.74, 6) is 0. The van der Waals surface area contributed by atoms with Crippen LogP contribution in [0.2, 0.25) is 0 Å². The molecule has 34 heavy (non-hydrogen) atoms. The maximum Gasteiger partial charge on any atom is 0.0320 e. The minimum atomic E-state index is -0.0245. The van der Waals surface area contributed by atoms with Gasteiger partial charge in [-0.2, -0.15) is 0 Å². The molecule has 5 aromatic carbocycles. The second-order valence-electron chi connectivity index (χ2n) is 11.3. The molecule has 2 N–H and O–H groups in total. The van der Waals surface area contributed by atoms with Crippen molar-refractivity contribution in [3.8, 4) is 22.3 Å². The molecular formula is C33H31N. The fraction of sp³-hybridized carbons (Fsp3) is 0.212. The van der Waals surface area contributed by atoms with Crippen molar-refractivity contribution >= 4 is 27.2 Å². The predicted molar refractivity (Wildman–Crippen MR) is 148 cm³/mol. The molecule has 0 amide bonds. The van der Waals surface area contributed by atoms with E-state index in [2.05, 4.69) is 113 Å². The molecule has 6 rings (SSSR count). The summed E-state index contributed by atoms with van der Waals surface area (Å²) in [5.41, 5.74) is 16.6. The van der Waals surface area contributed by atoms with Crippen molar-refractivity contribution in [1.82, 2.24) is 0 Å². The topological polar surface area (TPSA) is 26.0 Å². The molecule has 0 heterocycles. The third kappa shape index (κ3) is 2.86. The third-order valence-electron chi connectivity index (χ3n) is 7.67. The Morgan fingerprint density at radius 3 is 2.03 bits per heavy atom. The number of hydrogen-bond donors (Lipinski definition) is 1. The fourth-order valence-corrected chi connectivity index (χ4v) is 6.17. The van der Waals surface area contributed by atoms with Gasteiger partial charge in [0.25, 0.3) is 0 Å². The van der Waals surface area contributed by atoms with Crippen molar-refractivity contribution in [3.05, 3.63) is 102 Å². The number of hydrogen-bond acceptors (Lipinski definition) is 1. The zero-order chi connectivity index (χ0) is 23.8. The zero-order valence-corrected chi connectivity index (χ0v) is 20.7. The number of nitrogen functional groups attached to an aromatic ring is 1. The summed E-state index contributed by atoms with van der Waals surface area (Å²) in [6, 6.07) is 31.2. The van der Waals surface area contributed by atoms with Gasteiger partial charge in [-0.15, -0.1) is 0 Å². The Morgan fingerprint density at radius 1 is 0.618 bits per heavy atom. The van der Waals surface area contributed by atoms with E-state index in [0.717, 1.165) is 5.69 Å². The lowest BCUT2D eigenvalue weighted by Crippen LogP contribution is -2.15. The number of fused-ring (bicyclic) bond motifs is 5. The van der Waals surface area contributed by atoms with E-state index >= 15 is 0 Å². The van der Waals surface area contributed by atoms with E-state index in [1.165, 1.54) is 60.5 Å². The van der Waals surface area contributed by atoms with E-state index in [0.29, 0.717) is 0 Å². The van der Waals surface area contributed by atoms with E-state index < -0.39 is 0 Å². The van der Waals surface area contributed by atoms with Crippen molar-refractivity contribution in [3.63, 3.8) is 0 Å². The van der Waals surface area contributed by atoms with Gasteiger partial charge in [0.1, 0.15) is 0 Å². The van der Waals surface area contributed by atoms with Crippen LogP contribution in [0.5, 0.6) is 0 Å². The van der Waals surface area contributed by atoms with Crippen LogP contribution in [0.25, 0.3) is 43.8 Å². The first-order chi connectivity index (χ1) is 16.2. The fourth-order valence-electron chi connectivity index (χ4n) is 6.17. The highest BCUT2D eigenvalue weighted by Gasteiger charge is 2.35. The molecule has 1 aliphatic rings. The maximum absolute atomic E-state index is 6.33. The summed E-state index contributed by atoms with van der Waals surface area (Å²) < 4.78 is 0. The van der Waals surface area contributed by atoms with Crippen LogP contribution in [0.4, 0.5) is 5.69 Å². The Kier molecular flexibility index (Phi) is 4.30. The Bertz CT molecular complexity index is 1610. The van der Waals surface area contributed by atoms with Crippen LogP contribution in [0.3, 0.4) is 0 Å². The molecule has 0 fully saturated rings. The smallest absolute Gasteiger partial charge is 0.0320 e. The second kappa shape index (κ2) is 6.96. The van der Waals surface area contributed by atoms with Gasteiger partial charge in [0.2, 0.25) is 0 Å². The molecule has 0 aliphatic heterocycles. The van der Waals surface area contributed by atoms with Gasteiger partial charge in [0.15, 0.2) is 0 Å². The summed E-state index contributed by atoms with van der Waals surface area (Å²) in [6.07, 6.45) is 0. The van der Waals surface area contributed by atoms with E-state index in [1.54, 1.807) is 0 Å². The van der Waals surface area contributed by atoms with E-state index in [1.807, 2.05) is 6.07 Å². The minimum Gasteiger partial charge on any atom is -0.399 e. The van der Waals surface area contributed by atoms with Crippen LogP contribution in [0.1, 0.15) is 51.3 Å². The summed E-state index contributed by atoms with van der Waals surface area (Å²) >= 11 is 0. The lowest BCUT2D eigenvalue weighted by molar-refractivity contribution is 0.601. The first kappa shape index (κ1) is 21.0. The Balaban J connectivity index is 1.73. The van der Waals surface area contributed by atoms with Crippen molar-refractivity contribution in [2.75, 3.05) is 5.73 Å². The molecule has 0 radical (unpaired) electrons.